The Balaban J connectivity index is 1.91. The first-order chi connectivity index (χ1) is 13.9. The average molecular weight is 413 g/mol. The minimum Gasteiger partial charge on any atom is -0.490 e. The van der Waals surface area contributed by atoms with Crippen LogP contribution in [0.2, 0.25) is 0 Å². The maximum Gasteiger partial charge on any atom is 0.317 e. The zero-order valence-corrected chi connectivity index (χ0v) is 17.7. The number of fused-ring (bicyclic) bond motifs is 4. The Morgan fingerprint density at radius 2 is 2.00 bits per heavy atom. The zero-order valence-electron chi connectivity index (χ0n) is 16.9. The average Bonchev–Trinajstić information content (AvgIpc) is 2.69. The van der Waals surface area contributed by atoms with E-state index in [0.29, 0.717) is 23.2 Å². The molecule has 1 fully saturated rings. The van der Waals surface area contributed by atoms with Gasteiger partial charge in [-0.15, -0.1) is 0 Å². The van der Waals surface area contributed by atoms with Gasteiger partial charge in [0.2, 0.25) is 5.72 Å². The molecule has 1 saturated heterocycles. The van der Waals surface area contributed by atoms with E-state index in [4.69, 9.17) is 26.4 Å². The molecule has 29 heavy (non-hydrogen) atoms. The summed E-state index contributed by atoms with van der Waals surface area (Å²) < 4.78 is 17.5. The Labute approximate surface area is 175 Å². The summed E-state index contributed by atoms with van der Waals surface area (Å²) in [6, 6.07) is 13.2. The van der Waals surface area contributed by atoms with Crippen LogP contribution in [0.15, 0.2) is 42.5 Å². The van der Waals surface area contributed by atoms with E-state index < -0.39 is 11.6 Å². The lowest BCUT2D eigenvalue weighted by Gasteiger charge is -2.55. The van der Waals surface area contributed by atoms with Crippen molar-refractivity contribution in [1.82, 2.24) is 5.32 Å². The van der Waals surface area contributed by atoms with Gasteiger partial charge in [0, 0.05) is 11.3 Å². The van der Waals surface area contributed by atoms with Gasteiger partial charge in [-0.1, -0.05) is 29.8 Å². The summed E-state index contributed by atoms with van der Waals surface area (Å²) in [5.41, 5.74) is 1.70. The molecule has 2 aromatic carbocycles. The van der Waals surface area contributed by atoms with Crippen LogP contribution in [0.5, 0.6) is 11.5 Å². The fourth-order valence-corrected chi connectivity index (χ4v) is 4.62. The standard InChI is InChI=1S/C22H24N2O4S/c1-5-27-16-8-6-7-15-18-17(20(25)26-4)22(3,28-19(15)16)24(21(29)23-18)14-11-9-13(2)10-12-14/h6-12,17-18H,5H2,1-4H3,(H,23,29). The third kappa shape index (κ3) is 3.00. The molecule has 0 aliphatic carbocycles. The third-order valence-corrected chi connectivity index (χ3v) is 5.84. The number of carbonyl (C=O) groups is 1. The molecule has 4 rings (SSSR count). The number of thiocarbonyl (C=S) groups is 1. The molecule has 0 radical (unpaired) electrons. The van der Waals surface area contributed by atoms with E-state index in [9.17, 15) is 4.79 Å². The molecule has 2 bridgehead atoms. The summed E-state index contributed by atoms with van der Waals surface area (Å²) in [7, 11) is 1.39. The molecular formula is C22H24N2O4S. The predicted octanol–water partition coefficient (Wildman–Crippen LogP) is 3.73. The Kier molecular flexibility index (Phi) is 4.86. The lowest BCUT2D eigenvalue weighted by molar-refractivity contribution is -0.157. The van der Waals surface area contributed by atoms with Crippen LogP contribution in [0.1, 0.15) is 31.0 Å². The number of nitrogens with one attached hydrogen (secondary N) is 1. The van der Waals surface area contributed by atoms with Gasteiger partial charge in [0.15, 0.2) is 16.6 Å². The Morgan fingerprint density at radius 1 is 1.28 bits per heavy atom. The molecule has 2 heterocycles. The van der Waals surface area contributed by atoms with Crippen LogP contribution in [0.25, 0.3) is 0 Å². The van der Waals surface area contributed by atoms with Crippen molar-refractivity contribution in [2.75, 3.05) is 18.6 Å². The summed E-state index contributed by atoms with van der Waals surface area (Å²) in [5.74, 6) is 0.263. The highest BCUT2D eigenvalue weighted by Crippen LogP contribution is 2.52. The van der Waals surface area contributed by atoms with Gasteiger partial charge in [-0.2, -0.15) is 0 Å². The van der Waals surface area contributed by atoms with Gasteiger partial charge in [0.05, 0.1) is 19.8 Å². The fraction of sp³-hybridized carbons (Fsp3) is 0.364. The van der Waals surface area contributed by atoms with Crippen molar-refractivity contribution in [3.8, 4) is 11.5 Å². The fourth-order valence-electron chi connectivity index (χ4n) is 4.21. The third-order valence-electron chi connectivity index (χ3n) is 5.54. The van der Waals surface area contributed by atoms with Gasteiger partial charge < -0.3 is 19.5 Å². The van der Waals surface area contributed by atoms with Crippen LogP contribution >= 0.6 is 12.2 Å². The number of hydrogen-bond donors (Lipinski definition) is 1. The Morgan fingerprint density at radius 3 is 2.66 bits per heavy atom. The van der Waals surface area contributed by atoms with Gasteiger partial charge in [-0.05, 0) is 51.2 Å². The van der Waals surface area contributed by atoms with Crippen molar-refractivity contribution in [2.24, 2.45) is 5.92 Å². The van der Waals surface area contributed by atoms with E-state index in [2.05, 4.69) is 5.32 Å². The molecule has 3 unspecified atom stereocenters. The van der Waals surface area contributed by atoms with Crippen LogP contribution in [0.3, 0.4) is 0 Å². The summed E-state index contributed by atoms with van der Waals surface area (Å²) in [4.78, 5) is 14.8. The number of benzene rings is 2. The number of anilines is 1. The topological polar surface area (TPSA) is 60.0 Å². The maximum atomic E-state index is 12.9. The lowest BCUT2D eigenvalue weighted by atomic mass is 9.79. The van der Waals surface area contributed by atoms with Gasteiger partial charge >= 0.3 is 5.97 Å². The number of rotatable bonds is 4. The molecular weight excluding hydrogens is 388 g/mol. The van der Waals surface area contributed by atoms with E-state index in [1.807, 2.05) is 68.1 Å². The van der Waals surface area contributed by atoms with E-state index in [0.717, 1.165) is 16.8 Å². The van der Waals surface area contributed by atoms with Crippen LogP contribution in [-0.4, -0.2) is 30.5 Å². The molecule has 0 aromatic heterocycles. The first-order valence-electron chi connectivity index (χ1n) is 9.60. The molecule has 2 aliphatic rings. The van der Waals surface area contributed by atoms with Crippen LogP contribution in [0.4, 0.5) is 5.69 Å². The van der Waals surface area contributed by atoms with Gasteiger partial charge in [0.1, 0.15) is 5.92 Å². The van der Waals surface area contributed by atoms with Crippen LogP contribution in [0, 0.1) is 12.8 Å². The summed E-state index contributed by atoms with van der Waals surface area (Å²) in [6.45, 7) is 6.33. The van der Waals surface area contributed by atoms with Crippen molar-refractivity contribution >= 4 is 29.0 Å². The lowest BCUT2D eigenvalue weighted by Crippen LogP contribution is -2.71. The second kappa shape index (κ2) is 7.22. The highest BCUT2D eigenvalue weighted by atomic mass is 32.1. The van der Waals surface area contributed by atoms with E-state index in [-0.39, 0.29) is 12.0 Å². The van der Waals surface area contributed by atoms with Crippen molar-refractivity contribution < 1.29 is 19.0 Å². The van der Waals surface area contributed by atoms with Crippen molar-refractivity contribution in [3.05, 3.63) is 53.6 Å². The first-order valence-corrected chi connectivity index (χ1v) is 10.0. The van der Waals surface area contributed by atoms with Gasteiger partial charge in [0.25, 0.3) is 0 Å². The van der Waals surface area contributed by atoms with Crippen molar-refractivity contribution in [2.45, 2.75) is 32.5 Å². The number of nitrogens with zero attached hydrogens (tertiary/aromatic N) is 1. The summed E-state index contributed by atoms with van der Waals surface area (Å²) in [5, 5.41) is 3.84. The van der Waals surface area contributed by atoms with E-state index in [1.54, 1.807) is 0 Å². The highest BCUT2D eigenvalue weighted by molar-refractivity contribution is 7.80. The van der Waals surface area contributed by atoms with E-state index in [1.165, 1.54) is 7.11 Å². The molecule has 0 saturated carbocycles. The maximum absolute atomic E-state index is 12.9. The molecule has 2 aliphatic heterocycles. The number of para-hydroxylation sites is 1. The second-order valence-corrected chi connectivity index (χ2v) is 7.75. The molecule has 0 spiro atoms. The molecule has 0 amide bonds. The molecule has 3 atom stereocenters. The second-order valence-electron chi connectivity index (χ2n) is 7.36. The first kappa shape index (κ1) is 19.5. The Hall–Kier alpha value is -2.80. The van der Waals surface area contributed by atoms with Crippen LogP contribution in [-0.2, 0) is 9.53 Å². The zero-order chi connectivity index (χ0) is 20.8. The van der Waals surface area contributed by atoms with Gasteiger partial charge in [-0.25, -0.2) is 0 Å². The molecule has 6 nitrogen and oxygen atoms in total. The number of aryl methyl sites for hydroxylation is 1. The normalized spacial score (nSPS) is 24.8. The molecule has 152 valence electrons. The minimum absolute atomic E-state index is 0.364. The minimum atomic E-state index is -1.09. The van der Waals surface area contributed by atoms with E-state index >= 15 is 0 Å². The van der Waals surface area contributed by atoms with Crippen LogP contribution < -0.4 is 19.7 Å². The summed E-state index contributed by atoms with van der Waals surface area (Å²) >= 11 is 5.71. The number of methoxy groups -OCH3 is 1. The van der Waals surface area contributed by atoms with Gasteiger partial charge in [-0.3, -0.25) is 9.69 Å². The number of ether oxygens (including phenoxy) is 3. The number of esters is 1. The SMILES string of the molecule is CCOc1cccc2c1OC1(C)C(C(=O)OC)C2NC(=S)N1c1ccc(C)cc1. The molecule has 1 N–H and O–H groups in total. The Bertz CT molecular complexity index is 962. The number of hydrogen-bond acceptors (Lipinski definition) is 5. The number of carbonyl (C=O) groups excluding carboxylic acids is 1. The monoisotopic (exact) mass is 412 g/mol. The predicted molar refractivity (Wildman–Crippen MR) is 114 cm³/mol. The smallest absolute Gasteiger partial charge is 0.317 e. The quantitative estimate of drug-likeness (QED) is 0.607. The largest absolute Gasteiger partial charge is 0.490 e. The molecule has 2 aromatic rings. The summed E-state index contributed by atoms with van der Waals surface area (Å²) in [6.07, 6.45) is 0. The van der Waals surface area contributed by atoms with Crippen molar-refractivity contribution in [3.63, 3.8) is 0 Å². The highest BCUT2D eigenvalue weighted by Gasteiger charge is 2.60. The van der Waals surface area contributed by atoms with Crippen molar-refractivity contribution in [1.29, 1.82) is 0 Å². The molecule has 7 heteroatoms.